The number of hydrogen-bond acceptors (Lipinski definition) is 4. The minimum absolute atomic E-state index is 0.0879. The Morgan fingerprint density at radius 3 is 2.86 bits per heavy atom. The fraction of sp³-hybridized carbons (Fsp3) is 0.778. The van der Waals surface area contributed by atoms with Crippen LogP contribution in [0.15, 0.2) is 5.10 Å². The molecule has 2 aliphatic rings. The Morgan fingerprint density at radius 1 is 1.57 bits per heavy atom. The number of nitrogens with zero attached hydrogens (tertiary/aromatic N) is 3. The second-order valence-corrected chi connectivity index (χ2v) is 4.47. The van der Waals surface area contributed by atoms with Crippen molar-refractivity contribution in [2.45, 2.75) is 38.9 Å². The van der Waals surface area contributed by atoms with Gasteiger partial charge in [-0.3, -0.25) is 14.8 Å². The van der Waals surface area contributed by atoms with E-state index in [2.05, 4.69) is 10.5 Å². The SMILES string of the molecule is CC1=NN2C(C1)C(=O)N(C)NC2(C)C. The lowest BCUT2D eigenvalue weighted by Gasteiger charge is -2.46. The standard InChI is InChI=1S/C9H16N4O/c1-6-5-7-8(14)12(4)11-9(2,3)13(7)10-6/h7,11H,5H2,1-4H3. The normalized spacial score (nSPS) is 30.4. The molecule has 2 heterocycles. The first-order chi connectivity index (χ1) is 6.42. The molecule has 14 heavy (non-hydrogen) atoms. The van der Waals surface area contributed by atoms with Gasteiger partial charge in [0, 0.05) is 19.2 Å². The summed E-state index contributed by atoms with van der Waals surface area (Å²) in [5, 5.41) is 7.82. The first-order valence-corrected chi connectivity index (χ1v) is 4.80. The molecule has 5 heteroatoms. The number of carbonyl (C=O) groups is 1. The maximum atomic E-state index is 11.8. The van der Waals surface area contributed by atoms with Crippen LogP contribution in [0.2, 0.25) is 0 Å². The molecule has 0 radical (unpaired) electrons. The molecule has 1 saturated heterocycles. The average molecular weight is 196 g/mol. The van der Waals surface area contributed by atoms with Crippen molar-refractivity contribution in [3.8, 4) is 0 Å². The van der Waals surface area contributed by atoms with Crippen molar-refractivity contribution in [3.05, 3.63) is 0 Å². The van der Waals surface area contributed by atoms with Gasteiger partial charge in [-0.15, -0.1) is 0 Å². The molecular formula is C9H16N4O. The first kappa shape index (κ1) is 9.45. The second kappa shape index (κ2) is 2.70. The van der Waals surface area contributed by atoms with E-state index < -0.39 is 0 Å². The van der Waals surface area contributed by atoms with Crippen LogP contribution in [-0.4, -0.2) is 40.4 Å². The Bertz CT molecular complexity index is 310. The topological polar surface area (TPSA) is 47.9 Å². The molecule has 2 rings (SSSR count). The van der Waals surface area contributed by atoms with Crippen LogP contribution in [0.5, 0.6) is 0 Å². The summed E-state index contributed by atoms with van der Waals surface area (Å²) >= 11 is 0. The molecule has 0 bridgehead atoms. The smallest absolute Gasteiger partial charge is 0.261 e. The summed E-state index contributed by atoms with van der Waals surface area (Å²) in [4.78, 5) is 11.8. The zero-order valence-corrected chi connectivity index (χ0v) is 9.03. The summed E-state index contributed by atoms with van der Waals surface area (Å²) in [7, 11) is 1.76. The molecular weight excluding hydrogens is 180 g/mol. The highest BCUT2D eigenvalue weighted by Gasteiger charge is 2.46. The number of carbonyl (C=O) groups excluding carboxylic acids is 1. The van der Waals surface area contributed by atoms with Gasteiger partial charge in [0.15, 0.2) is 0 Å². The van der Waals surface area contributed by atoms with Gasteiger partial charge in [-0.05, 0) is 20.8 Å². The zero-order chi connectivity index (χ0) is 10.5. The van der Waals surface area contributed by atoms with E-state index in [1.54, 1.807) is 12.1 Å². The summed E-state index contributed by atoms with van der Waals surface area (Å²) < 4.78 is 0. The molecule has 0 aliphatic carbocycles. The molecule has 0 aromatic heterocycles. The van der Waals surface area contributed by atoms with E-state index in [1.807, 2.05) is 25.8 Å². The van der Waals surface area contributed by atoms with Crippen molar-refractivity contribution in [1.82, 2.24) is 15.4 Å². The van der Waals surface area contributed by atoms with Gasteiger partial charge < -0.3 is 0 Å². The minimum atomic E-state index is -0.287. The van der Waals surface area contributed by atoms with Crippen LogP contribution in [-0.2, 0) is 4.79 Å². The predicted molar refractivity (Wildman–Crippen MR) is 53.3 cm³/mol. The minimum Gasteiger partial charge on any atom is -0.277 e. The van der Waals surface area contributed by atoms with Gasteiger partial charge in [0.1, 0.15) is 11.7 Å². The lowest BCUT2D eigenvalue weighted by atomic mass is 10.1. The molecule has 1 fully saturated rings. The molecule has 1 atom stereocenters. The quantitative estimate of drug-likeness (QED) is 0.600. The van der Waals surface area contributed by atoms with Gasteiger partial charge in [-0.1, -0.05) is 0 Å². The van der Waals surface area contributed by atoms with E-state index in [1.165, 1.54) is 0 Å². The van der Waals surface area contributed by atoms with Crippen molar-refractivity contribution in [2.75, 3.05) is 7.05 Å². The second-order valence-electron chi connectivity index (χ2n) is 4.47. The van der Waals surface area contributed by atoms with Crippen molar-refractivity contribution < 1.29 is 4.79 Å². The van der Waals surface area contributed by atoms with Crippen LogP contribution in [0.1, 0.15) is 27.2 Å². The number of amides is 1. The largest absolute Gasteiger partial charge is 0.277 e. The molecule has 0 saturated carbocycles. The fourth-order valence-corrected chi connectivity index (χ4v) is 2.11. The highest BCUT2D eigenvalue weighted by Crippen LogP contribution is 2.28. The van der Waals surface area contributed by atoms with Crippen LogP contribution in [0.3, 0.4) is 0 Å². The van der Waals surface area contributed by atoms with Gasteiger partial charge >= 0.3 is 0 Å². The molecule has 78 valence electrons. The number of rotatable bonds is 0. The first-order valence-electron chi connectivity index (χ1n) is 4.80. The highest BCUT2D eigenvalue weighted by atomic mass is 16.2. The van der Waals surface area contributed by atoms with Crippen molar-refractivity contribution in [3.63, 3.8) is 0 Å². The molecule has 0 spiro atoms. The average Bonchev–Trinajstić information content (AvgIpc) is 2.44. The van der Waals surface area contributed by atoms with Gasteiger partial charge in [0.05, 0.1) is 0 Å². The molecule has 1 unspecified atom stereocenters. The van der Waals surface area contributed by atoms with E-state index in [-0.39, 0.29) is 17.6 Å². The highest BCUT2D eigenvalue weighted by molar-refractivity contribution is 5.93. The van der Waals surface area contributed by atoms with Crippen LogP contribution in [0.25, 0.3) is 0 Å². The lowest BCUT2D eigenvalue weighted by molar-refractivity contribution is -0.157. The Labute approximate surface area is 83.7 Å². The van der Waals surface area contributed by atoms with Crippen molar-refractivity contribution in [2.24, 2.45) is 5.10 Å². The zero-order valence-electron chi connectivity index (χ0n) is 9.03. The van der Waals surface area contributed by atoms with Crippen molar-refractivity contribution >= 4 is 11.6 Å². The van der Waals surface area contributed by atoms with Gasteiger partial charge in [0.25, 0.3) is 5.91 Å². The van der Waals surface area contributed by atoms with E-state index in [4.69, 9.17) is 0 Å². The summed E-state index contributed by atoms with van der Waals surface area (Å²) in [5.41, 5.74) is 3.84. The summed E-state index contributed by atoms with van der Waals surface area (Å²) in [6, 6.07) is -0.115. The fourth-order valence-electron chi connectivity index (χ4n) is 2.11. The Morgan fingerprint density at radius 2 is 2.21 bits per heavy atom. The molecule has 1 amide bonds. The molecule has 5 nitrogen and oxygen atoms in total. The van der Waals surface area contributed by atoms with Gasteiger partial charge in [-0.25, -0.2) is 5.43 Å². The number of nitrogens with one attached hydrogen (secondary N) is 1. The van der Waals surface area contributed by atoms with Crippen LogP contribution in [0, 0.1) is 0 Å². The van der Waals surface area contributed by atoms with E-state index >= 15 is 0 Å². The van der Waals surface area contributed by atoms with Gasteiger partial charge in [0.2, 0.25) is 0 Å². The Hall–Kier alpha value is -1.10. The number of hydrazine groups is 1. The third-order valence-corrected chi connectivity index (χ3v) is 2.69. The number of likely N-dealkylation sites (N-methyl/N-ethyl adjacent to an activating group) is 1. The molecule has 1 N–H and O–H groups in total. The number of hydrogen-bond donors (Lipinski definition) is 1. The predicted octanol–water partition coefficient (Wildman–Crippen LogP) is 0.149. The third-order valence-electron chi connectivity index (χ3n) is 2.69. The van der Waals surface area contributed by atoms with E-state index in [0.29, 0.717) is 0 Å². The Balaban J connectivity index is 2.33. The summed E-state index contributed by atoms with van der Waals surface area (Å²) in [5.74, 6) is 0.0879. The van der Waals surface area contributed by atoms with Crippen LogP contribution in [0.4, 0.5) is 0 Å². The van der Waals surface area contributed by atoms with Crippen LogP contribution >= 0.6 is 0 Å². The van der Waals surface area contributed by atoms with Crippen molar-refractivity contribution in [1.29, 1.82) is 0 Å². The van der Waals surface area contributed by atoms with Crippen LogP contribution < -0.4 is 5.43 Å². The van der Waals surface area contributed by atoms with E-state index in [0.717, 1.165) is 12.1 Å². The summed E-state index contributed by atoms with van der Waals surface area (Å²) in [6.07, 6.45) is 0.744. The Kier molecular flexibility index (Phi) is 1.82. The maximum Gasteiger partial charge on any atom is 0.261 e. The third kappa shape index (κ3) is 1.19. The molecule has 0 aromatic carbocycles. The monoisotopic (exact) mass is 196 g/mol. The maximum absolute atomic E-state index is 11.8. The lowest BCUT2D eigenvalue weighted by Crippen LogP contribution is -2.69. The molecule has 2 aliphatic heterocycles. The number of hydrazone groups is 1. The van der Waals surface area contributed by atoms with Gasteiger partial charge in [-0.2, -0.15) is 5.10 Å². The van der Waals surface area contributed by atoms with E-state index in [9.17, 15) is 4.79 Å². The summed E-state index contributed by atoms with van der Waals surface area (Å²) in [6.45, 7) is 6.00. The molecule has 0 aromatic rings. The number of fused-ring (bicyclic) bond motifs is 1.